The Morgan fingerprint density at radius 2 is 1.92 bits per heavy atom. The number of aromatic nitrogens is 2. The maximum Gasteiger partial charge on any atom is 0.293 e. The highest BCUT2D eigenvalue weighted by Crippen LogP contribution is 2.28. The van der Waals surface area contributed by atoms with E-state index in [1.807, 2.05) is 41.0 Å². The van der Waals surface area contributed by atoms with Crippen LogP contribution in [0.15, 0.2) is 77.9 Å². The van der Waals surface area contributed by atoms with Gasteiger partial charge in [-0.3, -0.25) is 19.5 Å². The normalized spacial score (nSPS) is 12.3. The molecule has 0 fully saturated rings. The Morgan fingerprint density at radius 3 is 2.61 bits per heavy atom. The van der Waals surface area contributed by atoms with E-state index in [4.69, 9.17) is 9.40 Å². The Kier molecular flexibility index (Phi) is 7.07. The molecule has 0 saturated heterocycles. The Bertz CT molecular complexity index is 1400. The van der Waals surface area contributed by atoms with Gasteiger partial charge in [0, 0.05) is 18.3 Å². The summed E-state index contributed by atoms with van der Waals surface area (Å²) in [6.45, 7) is 13.0. The maximum atomic E-state index is 12.8. The second kappa shape index (κ2) is 10.2. The molecule has 0 radical (unpaired) electrons. The van der Waals surface area contributed by atoms with E-state index in [9.17, 15) is 9.59 Å². The topological polar surface area (TPSA) is 101 Å². The van der Waals surface area contributed by atoms with E-state index in [-0.39, 0.29) is 17.1 Å². The highest BCUT2D eigenvalue weighted by atomic mass is 16.3. The molecule has 0 bridgehead atoms. The van der Waals surface area contributed by atoms with E-state index < -0.39 is 5.91 Å². The molecule has 4 aromatic rings. The first-order valence-electron chi connectivity index (χ1n) is 11.8. The zero-order valence-corrected chi connectivity index (χ0v) is 21.0. The van der Waals surface area contributed by atoms with Crippen LogP contribution in [0.25, 0.3) is 16.7 Å². The number of benzene rings is 2. The molecule has 2 heterocycles. The summed E-state index contributed by atoms with van der Waals surface area (Å²) in [6, 6.07) is 16.9. The minimum absolute atomic E-state index is 0.140. The number of nitrogens with one attached hydrogen (secondary N) is 3. The molecule has 2 aromatic heterocycles. The lowest BCUT2D eigenvalue weighted by molar-refractivity contribution is -0.111. The first kappa shape index (κ1) is 24.9. The van der Waals surface area contributed by atoms with Crippen molar-refractivity contribution in [2.45, 2.75) is 40.3 Å². The van der Waals surface area contributed by atoms with Crippen molar-refractivity contribution >= 4 is 34.5 Å². The van der Waals surface area contributed by atoms with Crippen molar-refractivity contribution in [3.05, 3.63) is 84.8 Å². The van der Waals surface area contributed by atoms with Gasteiger partial charge in [0.15, 0.2) is 5.76 Å². The molecule has 0 aliphatic heterocycles. The number of carbonyl (C=O) groups is 2. The fourth-order valence-electron chi connectivity index (χ4n) is 3.65. The fraction of sp³-hybridized carbons (Fsp3) is 0.250. The molecule has 186 valence electrons. The minimum atomic E-state index is -0.409. The van der Waals surface area contributed by atoms with E-state index in [0.717, 1.165) is 22.3 Å². The van der Waals surface area contributed by atoms with Gasteiger partial charge >= 0.3 is 0 Å². The molecule has 36 heavy (non-hydrogen) atoms. The van der Waals surface area contributed by atoms with Crippen LogP contribution >= 0.6 is 0 Å². The Hall–Kier alpha value is -4.17. The molecule has 2 aromatic carbocycles. The third kappa shape index (κ3) is 5.55. The van der Waals surface area contributed by atoms with E-state index in [2.05, 4.69) is 50.2 Å². The average Bonchev–Trinajstić information content (AvgIpc) is 3.49. The van der Waals surface area contributed by atoms with Gasteiger partial charge in [0.05, 0.1) is 23.0 Å². The molecule has 8 nitrogen and oxygen atoms in total. The molecule has 8 heteroatoms. The summed E-state index contributed by atoms with van der Waals surface area (Å²) in [5.74, 6) is -0.197. The third-order valence-electron chi connectivity index (χ3n) is 6.16. The van der Waals surface area contributed by atoms with Crippen LogP contribution < -0.4 is 16.0 Å². The van der Waals surface area contributed by atoms with Crippen LogP contribution in [0.1, 0.15) is 43.8 Å². The van der Waals surface area contributed by atoms with Crippen LogP contribution in [-0.2, 0) is 11.3 Å². The molecule has 0 spiro atoms. The van der Waals surface area contributed by atoms with Gasteiger partial charge in [0.2, 0.25) is 11.9 Å². The van der Waals surface area contributed by atoms with Crippen molar-refractivity contribution in [1.29, 1.82) is 0 Å². The molecule has 0 unspecified atom stereocenters. The number of rotatable bonds is 8. The molecule has 0 aliphatic carbocycles. The van der Waals surface area contributed by atoms with Gasteiger partial charge < -0.3 is 15.1 Å². The molecular formula is C28H31N5O3. The number of carbonyl (C=O) groups excluding carboxylic acids is 2. The van der Waals surface area contributed by atoms with Crippen LogP contribution in [0.4, 0.5) is 11.6 Å². The summed E-state index contributed by atoms with van der Waals surface area (Å²) in [6.07, 6.45) is 2.66. The largest absolute Gasteiger partial charge is 0.459 e. The Morgan fingerprint density at radius 1 is 1.11 bits per heavy atom. The first-order chi connectivity index (χ1) is 17.2. The quantitative estimate of drug-likeness (QED) is 0.285. The van der Waals surface area contributed by atoms with Crippen LogP contribution in [-0.4, -0.2) is 27.4 Å². The SMILES string of the molecule is C=CC(=O)Nc1cccc(-n2c(NC(=O)c3ccco3)nc3cc(CN[C@@H](C)C(C)(C)C)ccc32)c1. The van der Waals surface area contributed by atoms with E-state index in [1.54, 1.807) is 18.2 Å². The smallest absolute Gasteiger partial charge is 0.293 e. The number of amides is 2. The van der Waals surface area contributed by atoms with Crippen molar-refractivity contribution < 1.29 is 14.0 Å². The lowest BCUT2D eigenvalue weighted by Crippen LogP contribution is -2.37. The van der Waals surface area contributed by atoms with E-state index >= 15 is 0 Å². The third-order valence-corrected chi connectivity index (χ3v) is 6.16. The van der Waals surface area contributed by atoms with Crippen molar-refractivity contribution in [1.82, 2.24) is 14.9 Å². The molecular weight excluding hydrogens is 454 g/mol. The summed E-state index contributed by atoms with van der Waals surface area (Å²) in [7, 11) is 0. The van der Waals surface area contributed by atoms with Crippen LogP contribution in [0.5, 0.6) is 0 Å². The summed E-state index contributed by atoms with van der Waals surface area (Å²) < 4.78 is 7.09. The Balaban J connectivity index is 1.73. The number of hydrogen-bond acceptors (Lipinski definition) is 5. The Labute approximate surface area is 210 Å². The minimum Gasteiger partial charge on any atom is -0.459 e. The molecule has 4 rings (SSSR count). The van der Waals surface area contributed by atoms with Crippen LogP contribution in [0.3, 0.4) is 0 Å². The van der Waals surface area contributed by atoms with Crippen molar-refractivity contribution in [2.24, 2.45) is 5.41 Å². The van der Waals surface area contributed by atoms with Gasteiger partial charge in [0.1, 0.15) is 0 Å². The van der Waals surface area contributed by atoms with Gasteiger partial charge in [-0.05, 0) is 66.4 Å². The lowest BCUT2D eigenvalue weighted by Gasteiger charge is -2.28. The second-order valence-electron chi connectivity index (χ2n) is 9.74. The standard InChI is InChI=1S/C28H31N5O3/c1-6-25(34)30-20-9-7-10-21(16-20)33-23-13-12-19(17-29-18(2)28(3,4)5)15-22(23)31-27(33)32-26(35)24-11-8-14-36-24/h6-16,18,29H,1,17H2,2-5H3,(H,30,34)(H,31,32,35)/t18-/m0/s1. The van der Waals surface area contributed by atoms with Gasteiger partial charge in [-0.1, -0.05) is 39.5 Å². The number of anilines is 2. The van der Waals surface area contributed by atoms with E-state index in [0.29, 0.717) is 24.2 Å². The first-order valence-corrected chi connectivity index (χ1v) is 11.8. The van der Waals surface area contributed by atoms with Gasteiger partial charge in [-0.2, -0.15) is 0 Å². The highest BCUT2D eigenvalue weighted by Gasteiger charge is 2.20. The summed E-state index contributed by atoms with van der Waals surface area (Å²) in [5, 5.41) is 9.21. The molecule has 3 N–H and O–H groups in total. The molecule has 0 aliphatic rings. The van der Waals surface area contributed by atoms with Crippen molar-refractivity contribution in [3.63, 3.8) is 0 Å². The predicted molar refractivity (Wildman–Crippen MR) is 142 cm³/mol. The predicted octanol–water partition coefficient (Wildman–Crippen LogP) is 5.52. The van der Waals surface area contributed by atoms with Gasteiger partial charge in [0.25, 0.3) is 5.91 Å². The lowest BCUT2D eigenvalue weighted by atomic mass is 9.88. The number of nitrogens with zero attached hydrogens (tertiary/aromatic N) is 2. The molecule has 0 saturated carbocycles. The average molecular weight is 486 g/mol. The van der Waals surface area contributed by atoms with Crippen LogP contribution in [0, 0.1) is 5.41 Å². The molecule has 1 atom stereocenters. The van der Waals surface area contributed by atoms with Crippen LogP contribution in [0.2, 0.25) is 0 Å². The van der Waals surface area contributed by atoms with E-state index in [1.165, 1.54) is 12.3 Å². The summed E-state index contributed by atoms with van der Waals surface area (Å²) in [5.41, 5.74) is 4.08. The monoisotopic (exact) mass is 485 g/mol. The summed E-state index contributed by atoms with van der Waals surface area (Å²) >= 11 is 0. The summed E-state index contributed by atoms with van der Waals surface area (Å²) in [4.78, 5) is 29.4. The maximum absolute atomic E-state index is 12.8. The number of fused-ring (bicyclic) bond motifs is 1. The zero-order valence-electron chi connectivity index (χ0n) is 21.0. The number of furan rings is 1. The second-order valence-corrected chi connectivity index (χ2v) is 9.74. The highest BCUT2D eigenvalue weighted by molar-refractivity contribution is 6.02. The van der Waals surface area contributed by atoms with Gasteiger partial charge in [-0.25, -0.2) is 4.98 Å². The van der Waals surface area contributed by atoms with Crippen molar-refractivity contribution in [3.8, 4) is 5.69 Å². The van der Waals surface area contributed by atoms with Crippen molar-refractivity contribution in [2.75, 3.05) is 10.6 Å². The van der Waals surface area contributed by atoms with Gasteiger partial charge in [-0.15, -0.1) is 0 Å². The fourth-order valence-corrected chi connectivity index (χ4v) is 3.65. The molecule has 2 amide bonds. The number of hydrogen-bond donors (Lipinski definition) is 3. The zero-order chi connectivity index (χ0) is 25.9. The number of imidazole rings is 1.